The number of aromatic hydroxyl groups is 1. The summed E-state index contributed by atoms with van der Waals surface area (Å²) in [7, 11) is 0. The summed E-state index contributed by atoms with van der Waals surface area (Å²) >= 11 is 0. The molecule has 2 heterocycles. The predicted molar refractivity (Wildman–Crippen MR) is 116 cm³/mol. The van der Waals surface area contributed by atoms with E-state index < -0.39 is 18.0 Å². The number of benzene rings is 2. The molecule has 0 bridgehead atoms. The van der Waals surface area contributed by atoms with Crippen LogP contribution in [0.2, 0.25) is 0 Å². The first-order valence-corrected chi connectivity index (χ1v) is 10.7. The van der Waals surface area contributed by atoms with Crippen LogP contribution in [0, 0.1) is 12.8 Å². The number of halogens is 3. The molecule has 3 N–H and O–H groups in total. The van der Waals surface area contributed by atoms with Gasteiger partial charge in [0, 0.05) is 23.2 Å². The van der Waals surface area contributed by atoms with E-state index in [1.54, 1.807) is 19.1 Å². The molecule has 2 aromatic carbocycles. The highest BCUT2D eigenvalue weighted by Gasteiger charge is 2.30. The molecule has 1 saturated heterocycles. The van der Waals surface area contributed by atoms with Gasteiger partial charge in [0.05, 0.1) is 11.1 Å². The second-order valence-corrected chi connectivity index (χ2v) is 8.59. The van der Waals surface area contributed by atoms with E-state index in [-0.39, 0.29) is 5.75 Å². The van der Waals surface area contributed by atoms with Crippen molar-refractivity contribution in [3.8, 4) is 5.75 Å². The Bertz CT molecular complexity index is 1080. The summed E-state index contributed by atoms with van der Waals surface area (Å²) in [5, 5.41) is 25.0. The van der Waals surface area contributed by atoms with Gasteiger partial charge in [-0.2, -0.15) is 13.2 Å². The smallest absolute Gasteiger partial charge is 0.416 e. The van der Waals surface area contributed by atoms with E-state index in [9.17, 15) is 23.4 Å². The van der Waals surface area contributed by atoms with Gasteiger partial charge in [0.1, 0.15) is 17.1 Å². The molecule has 1 aliphatic rings. The molecule has 0 spiro atoms. The third kappa shape index (κ3) is 4.56. The van der Waals surface area contributed by atoms with Crippen molar-refractivity contribution >= 4 is 16.7 Å². The van der Waals surface area contributed by atoms with Crippen LogP contribution in [-0.4, -0.2) is 28.2 Å². The van der Waals surface area contributed by atoms with Gasteiger partial charge in [0.2, 0.25) is 0 Å². The molecule has 5 nitrogen and oxygen atoms in total. The number of rotatable bonds is 5. The Morgan fingerprint density at radius 2 is 1.78 bits per heavy atom. The van der Waals surface area contributed by atoms with Gasteiger partial charge in [0.25, 0.3) is 0 Å². The minimum absolute atomic E-state index is 0.125. The van der Waals surface area contributed by atoms with Crippen molar-refractivity contribution in [2.75, 3.05) is 18.4 Å². The van der Waals surface area contributed by atoms with Crippen molar-refractivity contribution in [2.45, 2.75) is 45.6 Å². The van der Waals surface area contributed by atoms with E-state index in [0.717, 1.165) is 38.1 Å². The van der Waals surface area contributed by atoms with Crippen LogP contribution in [0.4, 0.5) is 18.9 Å². The van der Waals surface area contributed by atoms with Crippen molar-refractivity contribution in [1.82, 2.24) is 4.90 Å². The van der Waals surface area contributed by atoms with Crippen molar-refractivity contribution < 1.29 is 27.8 Å². The number of aryl methyl sites for hydroxylation is 1. The van der Waals surface area contributed by atoms with Crippen molar-refractivity contribution in [3.05, 3.63) is 58.8 Å². The molecule has 1 atom stereocenters. The monoisotopic (exact) mass is 448 g/mol. The van der Waals surface area contributed by atoms with E-state index in [4.69, 9.17) is 4.42 Å². The molecule has 1 fully saturated rings. The van der Waals surface area contributed by atoms with Crippen LogP contribution in [0.1, 0.15) is 48.4 Å². The van der Waals surface area contributed by atoms with Gasteiger partial charge in [-0.05, 0) is 75.2 Å². The highest BCUT2D eigenvalue weighted by Crippen LogP contribution is 2.38. The molecule has 3 aromatic rings. The van der Waals surface area contributed by atoms with Gasteiger partial charge in [-0.25, -0.2) is 0 Å². The molecule has 1 aliphatic heterocycles. The normalized spacial score (nSPS) is 17.1. The number of aliphatic hydroxyl groups excluding tert-OH is 1. The highest BCUT2D eigenvalue weighted by molar-refractivity contribution is 5.88. The highest BCUT2D eigenvalue weighted by atomic mass is 19.4. The van der Waals surface area contributed by atoms with Crippen LogP contribution < -0.4 is 5.32 Å². The topological polar surface area (TPSA) is 68.9 Å². The second-order valence-electron chi connectivity index (χ2n) is 8.59. The van der Waals surface area contributed by atoms with E-state index >= 15 is 0 Å². The molecule has 0 amide bonds. The lowest BCUT2D eigenvalue weighted by atomic mass is 9.97. The fourth-order valence-electron chi connectivity index (χ4n) is 4.31. The first-order chi connectivity index (χ1) is 15.1. The maximum atomic E-state index is 12.8. The molecular formula is C24H27F3N2O3. The number of fused-ring (bicyclic) bond motifs is 1. The summed E-state index contributed by atoms with van der Waals surface area (Å²) in [5.41, 5.74) is 1.27. The number of aliphatic hydroxyl groups is 1. The molecule has 0 radical (unpaired) electrons. The van der Waals surface area contributed by atoms with Crippen molar-refractivity contribution in [1.29, 1.82) is 0 Å². The Balaban J connectivity index is 1.64. The van der Waals surface area contributed by atoms with E-state index in [2.05, 4.69) is 17.1 Å². The molecule has 8 heteroatoms. The van der Waals surface area contributed by atoms with Crippen LogP contribution in [0.3, 0.4) is 0 Å². The number of phenolic OH excluding ortho intramolecular Hbond substituents is 1. The fraction of sp³-hybridized carbons (Fsp3) is 0.417. The first kappa shape index (κ1) is 22.5. The maximum Gasteiger partial charge on any atom is 0.416 e. The molecule has 0 saturated carbocycles. The molecule has 32 heavy (non-hydrogen) atoms. The van der Waals surface area contributed by atoms with E-state index in [1.807, 2.05) is 0 Å². The largest absolute Gasteiger partial charge is 0.508 e. The molecule has 1 aromatic heterocycles. The average molecular weight is 448 g/mol. The minimum Gasteiger partial charge on any atom is -0.508 e. The summed E-state index contributed by atoms with van der Waals surface area (Å²) in [5.74, 6) is 1.28. The first-order valence-electron chi connectivity index (χ1n) is 10.7. The summed E-state index contributed by atoms with van der Waals surface area (Å²) in [6, 6.07) is 7.72. The summed E-state index contributed by atoms with van der Waals surface area (Å²) in [4.78, 5) is 2.27. The number of nitrogens with one attached hydrogen (secondary N) is 1. The number of alkyl halides is 3. The third-order valence-corrected chi connectivity index (χ3v) is 6.21. The Kier molecular flexibility index (Phi) is 6.09. The van der Waals surface area contributed by atoms with E-state index in [1.165, 1.54) is 12.1 Å². The van der Waals surface area contributed by atoms with Crippen LogP contribution in [0.5, 0.6) is 5.75 Å². The average Bonchev–Trinajstić information content (AvgIpc) is 3.07. The Hall–Kier alpha value is -2.71. The van der Waals surface area contributed by atoms with E-state index in [0.29, 0.717) is 46.0 Å². The number of hydrogen-bond donors (Lipinski definition) is 3. The second kappa shape index (κ2) is 8.67. The summed E-state index contributed by atoms with van der Waals surface area (Å²) in [6.07, 6.45) is -3.47. The van der Waals surface area contributed by atoms with Crippen LogP contribution in [0.15, 0.2) is 40.8 Å². The van der Waals surface area contributed by atoms with Crippen LogP contribution >= 0.6 is 0 Å². The molecule has 172 valence electrons. The molecule has 4 rings (SSSR count). The number of hydrogen-bond acceptors (Lipinski definition) is 5. The maximum absolute atomic E-state index is 12.8. The zero-order chi connectivity index (χ0) is 23.0. The number of furan rings is 1. The number of anilines is 1. The number of nitrogens with zero attached hydrogens (tertiary/aromatic N) is 1. The Morgan fingerprint density at radius 3 is 2.41 bits per heavy atom. The summed E-state index contributed by atoms with van der Waals surface area (Å²) < 4.78 is 44.3. The van der Waals surface area contributed by atoms with Crippen LogP contribution in [0.25, 0.3) is 11.0 Å². The Labute approximate surface area is 184 Å². The Morgan fingerprint density at radius 1 is 1.12 bits per heavy atom. The predicted octanol–water partition coefficient (Wildman–Crippen LogP) is 5.80. The minimum atomic E-state index is -4.42. The van der Waals surface area contributed by atoms with Gasteiger partial charge in [-0.1, -0.05) is 6.92 Å². The third-order valence-electron chi connectivity index (χ3n) is 6.21. The molecule has 0 aliphatic carbocycles. The van der Waals surface area contributed by atoms with Crippen LogP contribution in [-0.2, 0) is 12.7 Å². The van der Waals surface area contributed by atoms with Gasteiger partial charge < -0.3 is 19.9 Å². The number of likely N-dealkylation sites (tertiary alicyclic amines) is 1. The zero-order valence-corrected chi connectivity index (χ0v) is 18.0. The lowest BCUT2D eigenvalue weighted by molar-refractivity contribution is -0.137. The standard InChI is InChI=1S/C24H27F3N2O3/c1-14-9-11-29(12-10-14)13-18-19(30)7-8-20-22(18)21(15(2)32-20)23(31)28-17-5-3-16(4-6-17)24(25,26)27/h3-8,14,23,28,30-31H,9-13H2,1-2H3. The quantitative estimate of drug-likeness (QED) is 0.431. The van der Waals surface area contributed by atoms with Gasteiger partial charge in [-0.15, -0.1) is 0 Å². The SMILES string of the molecule is Cc1oc2ccc(O)c(CN3CCC(C)CC3)c2c1C(O)Nc1ccc(C(F)(F)F)cc1. The summed E-state index contributed by atoms with van der Waals surface area (Å²) in [6.45, 7) is 6.33. The number of piperidine rings is 1. The fourth-order valence-corrected chi connectivity index (χ4v) is 4.31. The number of phenols is 1. The van der Waals surface area contributed by atoms with Gasteiger partial charge in [0.15, 0.2) is 6.23 Å². The zero-order valence-electron chi connectivity index (χ0n) is 18.0. The van der Waals surface area contributed by atoms with Gasteiger partial charge >= 0.3 is 6.18 Å². The lowest BCUT2D eigenvalue weighted by Crippen LogP contribution is -2.32. The molecular weight excluding hydrogens is 421 g/mol. The van der Waals surface area contributed by atoms with Crippen molar-refractivity contribution in [3.63, 3.8) is 0 Å². The molecule has 1 unspecified atom stereocenters. The van der Waals surface area contributed by atoms with Crippen molar-refractivity contribution in [2.24, 2.45) is 5.92 Å². The lowest BCUT2D eigenvalue weighted by Gasteiger charge is -2.30. The van der Waals surface area contributed by atoms with Gasteiger partial charge in [-0.3, -0.25) is 4.90 Å².